The maximum atomic E-state index is 13.3. The number of fused-ring (bicyclic) bond motifs is 1. The van der Waals surface area contributed by atoms with Crippen molar-refractivity contribution in [3.8, 4) is 0 Å². The molecule has 2 aliphatic heterocycles. The summed E-state index contributed by atoms with van der Waals surface area (Å²) in [6.07, 6.45) is 4.56. The van der Waals surface area contributed by atoms with Crippen LogP contribution in [0.3, 0.4) is 0 Å². The summed E-state index contributed by atoms with van der Waals surface area (Å²) in [4.78, 5) is 17.4. The topological polar surface area (TPSA) is 23.6 Å². The van der Waals surface area contributed by atoms with Crippen LogP contribution in [0.25, 0.3) is 0 Å². The van der Waals surface area contributed by atoms with Crippen LogP contribution in [-0.2, 0) is 17.8 Å². The molecular formula is C24H29FN2O. The summed E-state index contributed by atoms with van der Waals surface area (Å²) in [6, 6.07) is 17.9. The summed E-state index contributed by atoms with van der Waals surface area (Å²) >= 11 is 0. The van der Waals surface area contributed by atoms with E-state index in [9.17, 15) is 9.18 Å². The molecule has 1 amide bonds. The Bertz CT molecular complexity index is 794. The molecule has 2 heterocycles. The fraction of sp³-hybridized carbons (Fsp3) is 0.458. The Labute approximate surface area is 167 Å². The number of likely N-dealkylation sites (tertiary alicyclic amines) is 2. The molecule has 0 aliphatic carbocycles. The highest BCUT2D eigenvalue weighted by Crippen LogP contribution is 2.32. The standard InChI is InChI=1S/C24H29FN2O/c25-22-10-4-8-19(16-22)11-12-24(28)27-15-13-23-21(18-27)9-5-14-26(23)17-20-6-2-1-3-7-20/h1-4,6-8,10,16,21,23H,5,9,11-15,17-18H2/t21-,23+/m1/s1. The Morgan fingerprint density at radius 2 is 1.82 bits per heavy atom. The molecule has 148 valence electrons. The maximum absolute atomic E-state index is 13.3. The van der Waals surface area contributed by atoms with E-state index in [4.69, 9.17) is 0 Å². The molecule has 0 spiro atoms. The van der Waals surface area contributed by atoms with E-state index in [1.54, 1.807) is 6.07 Å². The van der Waals surface area contributed by atoms with Crippen LogP contribution in [-0.4, -0.2) is 41.4 Å². The summed E-state index contributed by atoms with van der Waals surface area (Å²) < 4.78 is 13.3. The van der Waals surface area contributed by atoms with Gasteiger partial charge in [-0.25, -0.2) is 4.39 Å². The van der Waals surface area contributed by atoms with E-state index < -0.39 is 0 Å². The molecule has 4 rings (SSSR count). The minimum absolute atomic E-state index is 0.211. The molecular weight excluding hydrogens is 351 g/mol. The molecule has 0 saturated carbocycles. The van der Waals surface area contributed by atoms with Crippen LogP contribution in [0.1, 0.15) is 36.8 Å². The highest BCUT2D eigenvalue weighted by molar-refractivity contribution is 5.76. The SMILES string of the molecule is O=C(CCc1cccc(F)c1)N1CC[C@H]2[C@H](CCCN2Cc2ccccc2)C1. The zero-order valence-corrected chi connectivity index (χ0v) is 16.4. The van der Waals surface area contributed by atoms with E-state index in [0.29, 0.717) is 24.8 Å². The molecule has 0 N–H and O–H groups in total. The number of hydrogen-bond donors (Lipinski definition) is 0. The van der Waals surface area contributed by atoms with E-state index >= 15 is 0 Å². The molecule has 2 aromatic carbocycles. The van der Waals surface area contributed by atoms with Gasteiger partial charge in [0.2, 0.25) is 5.91 Å². The number of amides is 1. The average Bonchev–Trinajstić information content (AvgIpc) is 2.73. The third-order valence-electron chi connectivity index (χ3n) is 6.28. The summed E-state index contributed by atoms with van der Waals surface area (Å²) in [6.45, 7) is 3.88. The fourth-order valence-electron chi connectivity index (χ4n) is 4.85. The normalized spacial score (nSPS) is 22.7. The van der Waals surface area contributed by atoms with Crippen molar-refractivity contribution in [1.29, 1.82) is 0 Å². The van der Waals surface area contributed by atoms with Gasteiger partial charge in [0.05, 0.1) is 0 Å². The van der Waals surface area contributed by atoms with E-state index in [2.05, 4.69) is 35.2 Å². The van der Waals surface area contributed by atoms with Crippen molar-refractivity contribution in [3.05, 3.63) is 71.5 Å². The number of aryl methyl sites for hydroxylation is 1. The van der Waals surface area contributed by atoms with Crippen molar-refractivity contribution in [2.24, 2.45) is 5.92 Å². The Hall–Kier alpha value is -2.20. The highest BCUT2D eigenvalue weighted by Gasteiger charge is 2.36. The predicted octanol–water partition coefficient (Wildman–Crippen LogP) is 4.27. The quantitative estimate of drug-likeness (QED) is 0.773. The van der Waals surface area contributed by atoms with Gasteiger partial charge in [0.25, 0.3) is 0 Å². The van der Waals surface area contributed by atoms with Gasteiger partial charge in [-0.2, -0.15) is 0 Å². The van der Waals surface area contributed by atoms with Crippen LogP contribution >= 0.6 is 0 Å². The van der Waals surface area contributed by atoms with E-state index in [1.165, 1.54) is 30.5 Å². The van der Waals surface area contributed by atoms with Gasteiger partial charge in [0.1, 0.15) is 5.82 Å². The van der Waals surface area contributed by atoms with Gasteiger partial charge >= 0.3 is 0 Å². The van der Waals surface area contributed by atoms with Gasteiger partial charge in [-0.15, -0.1) is 0 Å². The number of benzene rings is 2. The fourth-order valence-corrected chi connectivity index (χ4v) is 4.85. The van der Waals surface area contributed by atoms with Crippen molar-refractivity contribution in [2.45, 2.75) is 44.7 Å². The number of halogens is 1. The van der Waals surface area contributed by atoms with Crippen LogP contribution in [0.5, 0.6) is 0 Å². The minimum Gasteiger partial charge on any atom is -0.342 e. The molecule has 0 radical (unpaired) electrons. The minimum atomic E-state index is -0.230. The third kappa shape index (κ3) is 4.61. The monoisotopic (exact) mass is 380 g/mol. The van der Waals surface area contributed by atoms with E-state index in [0.717, 1.165) is 38.2 Å². The van der Waals surface area contributed by atoms with Gasteiger partial charge in [-0.1, -0.05) is 42.5 Å². The van der Waals surface area contributed by atoms with Gasteiger partial charge in [-0.05, 0) is 61.4 Å². The molecule has 3 nitrogen and oxygen atoms in total. The van der Waals surface area contributed by atoms with Crippen molar-refractivity contribution in [2.75, 3.05) is 19.6 Å². The number of carbonyl (C=O) groups is 1. The molecule has 2 saturated heterocycles. The van der Waals surface area contributed by atoms with Crippen molar-refractivity contribution < 1.29 is 9.18 Å². The van der Waals surface area contributed by atoms with Crippen molar-refractivity contribution >= 4 is 5.91 Å². The smallest absolute Gasteiger partial charge is 0.222 e. The van der Waals surface area contributed by atoms with Crippen LogP contribution in [0.15, 0.2) is 54.6 Å². The van der Waals surface area contributed by atoms with Gasteiger partial charge < -0.3 is 4.90 Å². The number of nitrogens with zero attached hydrogens (tertiary/aromatic N) is 2. The summed E-state index contributed by atoms with van der Waals surface area (Å²) in [5, 5.41) is 0. The molecule has 2 fully saturated rings. The summed E-state index contributed by atoms with van der Waals surface area (Å²) in [7, 11) is 0. The third-order valence-corrected chi connectivity index (χ3v) is 6.28. The second kappa shape index (κ2) is 8.87. The molecule has 2 aliphatic rings. The lowest BCUT2D eigenvalue weighted by Crippen LogP contribution is -2.54. The number of piperidine rings is 2. The lowest BCUT2D eigenvalue weighted by molar-refractivity contribution is -0.135. The average molecular weight is 381 g/mol. The number of hydrogen-bond acceptors (Lipinski definition) is 2. The number of rotatable bonds is 5. The van der Waals surface area contributed by atoms with Crippen LogP contribution in [0.4, 0.5) is 4.39 Å². The zero-order chi connectivity index (χ0) is 19.3. The van der Waals surface area contributed by atoms with Crippen molar-refractivity contribution in [1.82, 2.24) is 9.80 Å². The van der Waals surface area contributed by atoms with Gasteiger partial charge in [0.15, 0.2) is 0 Å². The molecule has 0 aromatic heterocycles. The lowest BCUT2D eigenvalue weighted by atomic mass is 9.83. The maximum Gasteiger partial charge on any atom is 0.222 e. The highest BCUT2D eigenvalue weighted by atomic mass is 19.1. The molecule has 2 aromatic rings. The largest absolute Gasteiger partial charge is 0.342 e. The van der Waals surface area contributed by atoms with E-state index in [1.807, 2.05) is 11.0 Å². The number of carbonyl (C=O) groups excluding carboxylic acids is 1. The Balaban J connectivity index is 1.32. The molecule has 4 heteroatoms. The second-order valence-electron chi connectivity index (χ2n) is 8.18. The summed E-state index contributed by atoms with van der Waals surface area (Å²) in [5.41, 5.74) is 2.27. The van der Waals surface area contributed by atoms with Gasteiger partial charge in [-0.3, -0.25) is 9.69 Å². The zero-order valence-electron chi connectivity index (χ0n) is 16.4. The Morgan fingerprint density at radius 1 is 1.00 bits per heavy atom. The molecule has 28 heavy (non-hydrogen) atoms. The van der Waals surface area contributed by atoms with Crippen molar-refractivity contribution in [3.63, 3.8) is 0 Å². The van der Waals surface area contributed by atoms with Crippen LogP contribution < -0.4 is 0 Å². The predicted molar refractivity (Wildman–Crippen MR) is 109 cm³/mol. The second-order valence-corrected chi connectivity index (χ2v) is 8.18. The lowest BCUT2D eigenvalue weighted by Gasteiger charge is -2.47. The first-order valence-corrected chi connectivity index (χ1v) is 10.5. The first kappa shape index (κ1) is 19.1. The van der Waals surface area contributed by atoms with E-state index in [-0.39, 0.29) is 11.7 Å². The Morgan fingerprint density at radius 3 is 2.64 bits per heavy atom. The Kier molecular flexibility index (Phi) is 6.06. The summed E-state index contributed by atoms with van der Waals surface area (Å²) in [5.74, 6) is 0.554. The first-order chi connectivity index (χ1) is 13.7. The van der Waals surface area contributed by atoms with Crippen LogP contribution in [0.2, 0.25) is 0 Å². The van der Waals surface area contributed by atoms with Gasteiger partial charge in [0, 0.05) is 32.1 Å². The molecule has 0 unspecified atom stereocenters. The first-order valence-electron chi connectivity index (χ1n) is 10.5. The van der Waals surface area contributed by atoms with Crippen LogP contribution in [0, 0.1) is 11.7 Å². The molecule has 2 atom stereocenters. The molecule has 0 bridgehead atoms.